The molecule has 0 radical (unpaired) electrons. The van der Waals surface area contributed by atoms with E-state index in [0.29, 0.717) is 18.0 Å². The molecule has 0 aromatic heterocycles. The number of sulfonamides is 1. The zero-order chi connectivity index (χ0) is 14.9. The molecule has 0 spiro atoms. The summed E-state index contributed by atoms with van der Waals surface area (Å²) in [4.78, 5) is 0.263. The Kier molecular flexibility index (Phi) is 4.03. The number of benzene rings is 1. The molecule has 21 heavy (non-hydrogen) atoms. The van der Waals surface area contributed by atoms with Gasteiger partial charge in [0.25, 0.3) is 0 Å². The molecular weight excluding hydrogens is 286 g/mol. The van der Waals surface area contributed by atoms with Gasteiger partial charge in [0, 0.05) is 18.2 Å². The van der Waals surface area contributed by atoms with E-state index >= 15 is 0 Å². The summed E-state index contributed by atoms with van der Waals surface area (Å²) in [5.41, 5.74) is 0.466. The molecule has 112 valence electrons. The SMILES string of the molecule is O=S(=O)(c1ccccc1C#CCO)N(CC1CC1)C1CC1. The first kappa shape index (κ1) is 14.6. The lowest BCUT2D eigenvalue weighted by molar-refractivity contribution is 0.350. The van der Waals surface area contributed by atoms with Crippen LogP contribution in [0.1, 0.15) is 31.2 Å². The normalized spacial score (nSPS) is 18.4. The molecule has 1 aromatic rings. The summed E-state index contributed by atoms with van der Waals surface area (Å²) >= 11 is 0. The van der Waals surface area contributed by atoms with Crippen LogP contribution in [0.15, 0.2) is 29.2 Å². The van der Waals surface area contributed by atoms with Crippen LogP contribution in [-0.4, -0.2) is 37.0 Å². The monoisotopic (exact) mass is 305 g/mol. The van der Waals surface area contributed by atoms with Gasteiger partial charge in [0.15, 0.2) is 0 Å². The molecule has 1 aromatic carbocycles. The Balaban J connectivity index is 1.96. The smallest absolute Gasteiger partial charge is 0.244 e. The zero-order valence-electron chi connectivity index (χ0n) is 11.8. The Morgan fingerprint density at radius 2 is 1.90 bits per heavy atom. The average molecular weight is 305 g/mol. The highest BCUT2D eigenvalue weighted by Crippen LogP contribution is 2.38. The van der Waals surface area contributed by atoms with Gasteiger partial charge in [0.05, 0.1) is 4.90 Å². The van der Waals surface area contributed by atoms with Gasteiger partial charge in [-0.1, -0.05) is 24.0 Å². The quantitative estimate of drug-likeness (QED) is 0.841. The van der Waals surface area contributed by atoms with E-state index in [1.165, 1.54) is 0 Å². The summed E-state index contributed by atoms with van der Waals surface area (Å²) < 4.78 is 27.6. The van der Waals surface area contributed by atoms with Gasteiger partial charge in [0.1, 0.15) is 6.61 Å². The van der Waals surface area contributed by atoms with Crippen LogP contribution in [-0.2, 0) is 10.0 Å². The van der Waals surface area contributed by atoms with Crippen LogP contribution in [0.2, 0.25) is 0 Å². The lowest BCUT2D eigenvalue weighted by Crippen LogP contribution is -2.35. The fraction of sp³-hybridized carbons (Fsp3) is 0.500. The predicted molar refractivity (Wildman–Crippen MR) is 80.0 cm³/mol. The van der Waals surface area contributed by atoms with Crippen molar-refractivity contribution in [1.82, 2.24) is 4.31 Å². The average Bonchev–Trinajstić information content (AvgIpc) is 3.36. The van der Waals surface area contributed by atoms with Crippen LogP contribution in [0, 0.1) is 17.8 Å². The van der Waals surface area contributed by atoms with E-state index in [9.17, 15) is 8.42 Å². The first-order chi connectivity index (χ1) is 10.1. The minimum atomic E-state index is -3.50. The largest absolute Gasteiger partial charge is 0.384 e. The van der Waals surface area contributed by atoms with E-state index in [0.717, 1.165) is 25.7 Å². The second-order valence-electron chi connectivity index (χ2n) is 5.71. The molecule has 0 amide bonds. The van der Waals surface area contributed by atoms with E-state index in [-0.39, 0.29) is 17.5 Å². The van der Waals surface area contributed by atoms with Gasteiger partial charge in [-0.15, -0.1) is 0 Å². The number of aliphatic hydroxyl groups is 1. The van der Waals surface area contributed by atoms with E-state index in [2.05, 4.69) is 11.8 Å². The minimum Gasteiger partial charge on any atom is -0.384 e. The van der Waals surface area contributed by atoms with Crippen molar-refractivity contribution in [2.75, 3.05) is 13.2 Å². The molecule has 2 aliphatic carbocycles. The maximum atomic E-state index is 13.0. The lowest BCUT2D eigenvalue weighted by atomic mass is 10.2. The van der Waals surface area contributed by atoms with Gasteiger partial charge < -0.3 is 5.11 Å². The van der Waals surface area contributed by atoms with E-state index in [1.807, 2.05) is 0 Å². The highest BCUT2D eigenvalue weighted by molar-refractivity contribution is 7.89. The Morgan fingerprint density at radius 1 is 1.19 bits per heavy atom. The van der Waals surface area contributed by atoms with Crippen molar-refractivity contribution in [3.05, 3.63) is 29.8 Å². The van der Waals surface area contributed by atoms with Crippen molar-refractivity contribution in [3.8, 4) is 11.8 Å². The molecule has 1 N–H and O–H groups in total. The van der Waals surface area contributed by atoms with E-state index in [1.54, 1.807) is 28.6 Å². The Bertz CT molecular complexity index is 679. The molecule has 4 nitrogen and oxygen atoms in total. The van der Waals surface area contributed by atoms with Crippen molar-refractivity contribution >= 4 is 10.0 Å². The topological polar surface area (TPSA) is 57.6 Å². The molecule has 0 heterocycles. The van der Waals surface area contributed by atoms with Crippen LogP contribution < -0.4 is 0 Å². The molecule has 0 bridgehead atoms. The Morgan fingerprint density at radius 3 is 2.52 bits per heavy atom. The van der Waals surface area contributed by atoms with Crippen molar-refractivity contribution < 1.29 is 13.5 Å². The fourth-order valence-corrected chi connectivity index (χ4v) is 4.33. The van der Waals surface area contributed by atoms with Crippen LogP contribution in [0.25, 0.3) is 0 Å². The number of nitrogens with zero attached hydrogens (tertiary/aromatic N) is 1. The van der Waals surface area contributed by atoms with Crippen molar-refractivity contribution in [2.45, 2.75) is 36.6 Å². The molecule has 2 aliphatic rings. The molecule has 0 aliphatic heterocycles. The summed E-state index contributed by atoms with van der Waals surface area (Å²) in [6, 6.07) is 6.95. The third-order valence-corrected chi connectivity index (χ3v) is 5.84. The predicted octanol–water partition coefficient (Wildman–Crippen LogP) is 1.59. The molecule has 0 unspecified atom stereocenters. The van der Waals surface area contributed by atoms with Gasteiger partial charge in [-0.2, -0.15) is 4.31 Å². The van der Waals surface area contributed by atoms with Gasteiger partial charge in [-0.05, 0) is 43.7 Å². The number of hydrogen-bond donors (Lipinski definition) is 1. The number of hydrogen-bond acceptors (Lipinski definition) is 3. The molecule has 5 heteroatoms. The third kappa shape index (κ3) is 3.29. The van der Waals surface area contributed by atoms with Crippen molar-refractivity contribution in [2.24, 2.45) is 5.92 Å². The first-order valence-electron chi connectivity index (χ1n) is 7.33. The Hall–Kier alpha value is -1.35. The highest BCUT2D eigenvalue weighted by atomic mass is 32.2. The van der Waals surface area contributed by atoms with Crippen LogP contribution in [0.5, 0.6) is 0 Å². The number of rotatable bonds is 5. The van der Waals surface area contributed by atoms with Crippen molar-refractivity contribution in [1.29, 1.82) is 0 Å². The zero-order valence-corrected chi connectivity index (χ0v) is 12.6. The molecule has 2 saturated carbocycles. The summed E-state index contributed by atoms with van der Waals surface area (Å²) in [5, 5.41) is 8.82. The second kappa shape index (κ2) is 5.80. The van der Waals surface area contributed by atoms with Crippen LogP contribution >= 0.6 is 0 Å². The molecular formula is C16H19NO3S. The van der Waals surface area contributed by atoms with E-state index < -0.39 is 10.0 Å². The Labute approximate surface area is 125 Å². The summed E-state index contributed by atoms with van der Waals surface area (Å²) in [6.45, 7) is 0.359. The third-order valence-electron chi connectivity index (χ3n) is 3.87. The molecule has 2 fully saturated rings. The van der Waals surface area contributed by atoms with Gasteiger partial charge in [0.2, 0.25) is 10.0 Å². The summed E-state index contributed by atoms with van der Waals surface area (Å²) in [6.07, 6.45) is 4.17. The molecule has 0 saturated heterocycles. The minimum absolute atomic E-state index is 0.162. The van der Waals surface area contributed by atoms with Crippen LogP contribution in [0.4, 0.5) is 0 Å². The fourth-order valence-electron chi connectivity index (χ4n) is 2.42. The van der Waals surface area contributed by atoms with Crippen LogP contribution in [0.3, 0.4) is 0 Å². The molecule has 3 rings (SSSR count). The summed E-state index contributed by atoms with van der Waals surface area (Å²) in [5.74, 6) is 5.81. The maximum absolute atomic E-state index is 13.0. The second-order valence-corrected chi connectivity index (χ2v) is 7.56. The van der Waals surface area contributed by atoms with Gasteiger partial charge in [-0.3, -0.25) is 0 Å². The maximum Gasteiger partial charge on any atom is 0.244 e. The molecule has 0 atom stereocenters. The van der Waals surface area contributed by atoms with Gasteiger partial charge >= 0.3 is 0 Å². The lowest BCUT2D eigenvalue weighted by Gasteiger charge is -2.22. The van der Waals surface area contributed by atoms with Gasteiger partial charge in [-0.25, -0.2) is 8.42 Å². The highest BCUT2D eigenvalue weighted by Gasteiger charge is 2.41. The van der Waals surface area contributed by atoms with Crippen molar-refractivity contribution in [3.63, 3.8) is 0 Å². The first-order valence-corrected chi connectivity index (χ1v) is 8.77. The van der Waals surface area contributed by atoms with E-state index in [4.69, 9.17) is 5.11 Å². The standard InChI is InChI=1S/C16H19NO3S/c18-11-3-5-14-4-1-2-6-16(14)21(19,20)17(15-9-10-15)12-13-7-8-13/h1-2,4,6,13,15,18H,7-12H2. The number of aliphatic hydroxyl groups excluding tert-OH is 1. The summed E-state index contributed by atoms with van der Waals surface area (Å²) in [7, 11) is -3.50.